The van der Waals surface area contributed by atoms with Crippen molar-refractivity contribution in [3.8, 4) is 18.1 Å². The van der Waals surface area contributed by atoms with Gasteiger partial charge in [-0.3, -0.25) is 9.59 Å². The Morgan fingerprint density at radius 1 is 1.59 bits per heavy atom. The van der Waals surface area contributed by atoms with E-state index in [9.17, 15) is 9.59 Å². The first kappa shape index (κ1) is 16.3. The maximum absolute atomic E-state index is 11.8. The van der Waals surface area contributed by atoms with E-state index >= 15 is 0 Å². The lowest BCUT2D eigenvalue weighted by Gasteiger charge is -2.06. The van der Waals surface area contributed by atoms with Crippen molar-refractivity contribution in [1.29, 1.82) is 0 Å². The second-order valence-corrected chi connectivity index (χ2v) is 6.08. The summed E-state index contributed by atoms with van der Waals surface area (Å²) < 4.78 is 6.08. The van der Waals surface area contributed by atoms with Crippen LogP contribution in [-0.2, 0) is 9.59 Å². The van der Waals surface area contributed by atoms with Crippen LogP contribution in [0, 0.1) is 12.3 Å². The molecule has 5 nitrogen and oxygen atoms in total. The van der Waals surface area contributed by atoms with Crippen LogP contribution < -0.4 is 10.1 Å². The van der Waals surface area contributed by atoms with Gasteiger partial charge in [0.25, 0.3) is 5.91 Å². The molecule has 2 rings (SSSR count). The number of rotatable bonds is 3. The molecule has 0 atom stereocenters. The minimum Gasteiger partial charge on any atom is -0.480 e. The molecule has 0 unspecified atom stereocenters. The summed E-state index contributed by atoms with van der Waals surface area (Å²) in [4.78, 5) is 27.0. The number of carbonyl (C=O) groups is 2. The van der Waals surface area contributed by atoms with Crippen molar-refractivity contribution in [2.75, 3.05) is 6.61 Å². The van der Waals surface area contributed by atoms with Crippen molar-refractivity contribution in [2.45, 2.75) is 6.92 Å². The van der Waals surface area contributed by atoms with Gasteiger partial charge in [0.05, 0.1) is 9.38 Å². The van der Waals surface area contributed by atoms with Crippen LogP contribution in [0.25, 0.3) is 6.08 Å². The minimum absolute atomic E-state index is 0.182. The van der Waals surface area contributed by atoms with E-state index in [0.717, 1.165) is 21.8 Å². The molecule has 0 fully saturated rings. The molecule has 1 heterocycles. The fraction of sp³-hybridized carbons (Fsp3) is 0.133. The third kappa shape index (κ3) is 4.23. The lowest BCUT2D eigenvalue weighted by Crippen LogP contribution is -2.23. The second kappa shape index (κ2) is 7.29. The number of benzene rings is 1. The van der Waals surface area contributed by atoms with Gasteiger partial charge in [-0.2, -0.15) is 4.99 Å². The molecule has 1 N–H and O–H groups in total. The number of amidine groups is 1. The molecule has 0 saturated heterocycles. The Morgan fingerprint density at radius 3 is 3.00 bits per heavy atom. The topological polar surface area (TPSA) is 67.8 Å². The molecule has 1 aromatic carbocycles. The highest BCUT2D eigenvalue weighted by molar-refractivity contribution is 9.10. The fourth-order valence-electron chi connectivity index (χ4n) is 1.61. The van der Waals surface area contributed by atoms with E-state index in [1.165, 1.54) is 6.92 Å². The van der Waals surface area contributed by atoms with Gasteiger partial charge in [-0.15, -0.1) is 6.42 Å². The number of carbonyl (C=O) groups excluding carboxylic acids is 2. The molecule has 7 heteroatoms. The van der Waals surface area contributed by atoms with E-state index in [1.807, 2.05) is 6.07 Å². The van der Waals surface area contributed by atoms with E-state index < -0.39 is 0 Å². The lowest BCUT2D eigenvalue weighted by molar-refractivity contribution is -0.117. The second-order valence-electron chi connectivity index (χ2n) is 4.20. The number of terminal acetylenes is 1. The quantitative estimate of drug-likeness (QED) is 0.648. The molecule has 1 aromatic rings. The third-order valence-electron chi connectivity index (χ3n) is 2.47. The average Bonchev–Trinajstić information content (AvgIpc) is 2.77. The summed E-state index contributed by atoms with van der Waals surface area (Å²) in [6, 6.07) is 5.37. The number of nitrogens with one attached hydrogen (secondary N) is 1. The Bertz CT molecular complexity index is 735. The monoisotopic (exact) mass is 378 g/mol. The van der Waals surface area contributed by atoms with E-state index in [1.54, 1.807) is 18.2 Å². The maximum atomic E-state index is 11.8. The van der Waals surface area contributed by atoms with Crippen molar-refractivity contribution in [3.63, 3.8) is 0 Å². The molecule has 0 bridgehead atoms. The van der Waals surface area contributed by atoms with Crippen molar-refractivity contribution in [2.24, 2.45) is 4.99 Å². The highest BCUT2D eigenvalue weighted by atomic mass is 79.9. The number of hydrogen-bond donors (Lipinski definition) is 1. The standard InChI is InChI=1S/C15H11BrN2O3S/c1-3-6-21-12-5-4-10(7-11(12)16)8-13-14(20)18-15(22-13)17-9(2)19/h1,4-5,7-8H,6H2,2H3,(H,17,18,19,20)/b13-8+. The molecular formula is C15H11BrN2O3S. The van der Waals surface area contributed by atoms with Crippen LogP contribution in [0.15, 0.2) is 32.6 Å². The molecule has 2 amide bonds. The Kier molecular flexibility index (Phi) is 5.41. The molecule has 112 valence electrons. The number of ether oxygens (including phenoxy) is 1. The van der Waals surface area contributed by atoms with Crippen LogP contribution in [0.5, 0.6) is 5.75 Å². The average molecular weight is 379 g/mol. The SMILES string of the molecule is C#CCOc1ccc(/C=C2/SC(NC(C)=O)=NC2=O)cc1Br. The minimum atomic E-state index is -0.377. The number of nitrogens with zero attached hydrogens (tertiary/aromatic N) is 1. The molecule has 0 saturated carbocycles. The van der Waals surface area contributed by atoms with Crippen LogP contribution in [0.4, 0.5) is 0 Å². The normalized spacial score (nSPS) is 15.4. The van der Waals surface area contributed by atoms with Gasteiger partial charge in [0.1, 0.15) is 12.4 Å². The van der Waals surface area contributed by atoms with E-state index in [-0.39, 0.29) is 23.6 Å². The van der Waals surface area contributed by atoms with Gasteiger partial charge < -0.3 is 10.1 Å². The number of hydrogen-bond acceptors (Lipinski definition) is 4. The predicted molar refractivity (Wildman–Crippen MR) is 90.3 cm³/mol. The summed E-state index contributed by atoms with van der Waals surface area (Å²) in [5.74, 6) is 2.37. The van der Waals surface area contributed by atoms with Gasteiger partial charge >= 0.3 is 0 Å². The highest BCUT2D eigenvalue weighted by Gasteiger charge is 2.22. The van der Waals surface area contributed by atoms with Gasteiger partial charge in [-0.05, 0) is 51.5 Å². The van der Waals surface area contributed by atoms with Gasteiger partial charge in [0.15, 0.2) is 5.17 Å². The Hall–Kier alpha value is -2.04. The van der Waals surface area contributed by atoms with E-state index in [4.69, 9.17) is 11.2 Å². The largest absolute Gasteiger partial charge is 0.480 e. The number of halogens is 1. The molecule has 1 aliphatic heterocycles. The highest BCUT2D eigenvalue weighted by Crippen LogP contribution is 2.30. The van der Waals surface area contributed by atoms with Crippen LogP contribution >= 0.6 is 27.7 Å². The van der Waals surface area contributed by atoms with Crippen molar-refractivity contribution in [1.82, 2.24) is 5.32 Å². The first-order valence-electron chi connectivity index (χ1n) is 6.15. The van der Waals surface area contributed by atoms with Crippen LogP contribution in [-0.4, -0.2) is 23.6 Å². The number of amides is 2. The summed E-state index contributed by atoms with van der Waals surface area (Å²) in [6.45, 7) is 1.54. The zero-order valence-electron chi connectivity index (χ0n) is 11.6. The molecule has 1 aliphatic rings. The van der Waals surface area contributed by atoms with Crippen LogP contribution in [0.3, 0.4) is 0 Å². The van der Waals surface area contributed by atoms with E-state index in [0.29, 0.717) is 10.7 Å². The van der Waals surface area contributed by atoms with Crippen LogP contribution in [0.1, 0.15) is 12.5 Å². The van der Waals surface area contributed by atoms with Crippen molar-refractivity contribution in [3.05, 3.63) is 33.1 Å². The zero-order valence-corrected chi connectivity index (χ0v) is 14.0. The number of aliphatic imine (C=N–C) groups is 1. The fourth-order valence-corrected chi connectivity index (χ4v) is 2.98. The molecule has 0 aliphatic carbocycles. The summed E-state index contributed by atoms with van der Waals surface area (Å²) in [6.07, 6.45) is 6.84. The zero-order chi connectivity index (χ0) is 16.1. The molecular weight excluding hydrogens is 368 g/mol. The first-order chi connectivity index (χ1) is 10.5. The van der Waals surface area contributed by atoms with Gasteiger partial charge in [0, 0.05) is 6.92 Å². The first-order valence-corrected chi connectivity index (χ1v) is 7.76. The Morgan fingerprint density at radius 2 is 2.36 bits per heavy atom. The van der Waals surface area contributed by atoms with Gasteiger partial charge in [-0.25, -0.2) is 0 Å². The molecule has 22 heavy (non-hydrogen) atoms. The summed E-state index contributed by atoms with van der Waals surface area (Å²) in [5, 5.41) is 2.78. The maximum Gasteiger partial charge on any atom is 0.286 e. The molecule has 0 aromatic heterocycles. The Labute approximate surface area is 140 Å². The molecule has 0 spiro atoms. The van der Waals surface area contributed by atoms with Gasteiger partial charge in [-0.1, -0.05) is 12.0 Å². The van der Waals surface area contributed by atoms with E-state index in [2.05, 4.69) is 32.2 Å². The third-order valence-corrected chi connectivity index (χ3v) is 3.99. The van der Waals surface area contributed by atoms with Crippen LogP contribution in [0.2, 0.25) is 0 Å². The molecule has 0 radical (unpaired) electrons. The summed E-state index contributed by atoms with van der Waals surface area (Å²) in [7, 11) is 0. The lowest BCUT2D eigenvalue weighted by atomic mass is 10.2. The van der Waals surface area contributed by atoms with Gasteiger partial charge in [0.2, 0.25) is 5.91 Å². The van der Waals surface area contributed by atoms with Crippen molar-refractivity contribution < 1.29 is 14.3 Å². The summed E-state index contributed by atoms with van der Waals surface area (Å²) >= 11 is 4.51. The predicted octanol–water partition coefficient (Wildman–Crippen LogP) is 2.57. The number of thioether (sulfide) groups is 1. The van der Waals surface area contributed by atoms with Crippen molar-refractivity contribution >= 4 is 50.7 Å². The Balaban J connectivity index is 2.14. The smallest absolute Gasteiger partial charge is 0.286 e. The summed E-state index contributed by atoms with van der Waals surface area (Å²) in [5.41, 5.74) is 0.801.